The van der Waals surface area contributed by atoms with Crippen LogP contribution in [0.25, 0.3) is 11.1 Å². The van der Waals surface area contributed by atoms with Crippen molar-refractivity contribution in [2.24, 2.45) is 0 Å². The molecule has 0 aromatic heterocycles. The van der Waals surface area contributed by atoms with E-state index in [2.05, 4.69) is 10.2 Å². The number of piperidine rings is 1. The van der Waals surface area contributed by atoms with Crippen molar-refractivity contribution in [2.75, 3.05) is 38.5 Å². The predicted molar refractivity (Wildman–Crippen MR) is 174 cm³/mol. The Morgan fingerprint density at radius 3 is 2.28 bits per heavy atom. The molecule has 3 aromatic rings. The molecule has 1 saturated heterocycles. The molecule has 2 N–H and O–H groups in total. The first-order valence-electron chi connectivity index (χ1n) is 15.5. The minimum atomic E-state index is -0.387. The molecule has 1 fully saturated rings. The van der Waals surface area contributed by atoms with E-state index in [4.69, 9.17) is 16.3 Å². The molecule has 0 bridgehead atoms. The monoisotopic (exact) mass is 605 g/mol. The van der Waals surface area contributed by atoms with Gasteiger partial charge in [0.1, 0.15) is 11.9 Å². The van der Waals surface area contributed by atoms with Gasteiger partial charge >= 0.3 is 6.09 Å². The van der Waals surface area contributed by atoms with Gasteiger partial charge in [-0.15, -0.1) is 0 Å². The number of likely N-dealkylation sites (tertiary alicyclic amines) is 1. The number of halogens is 1. The van der Waals surface area contributed by atoms with E-state index in [1.165, 1.54) is 38.2 Å². The van der Waals surface area contributed by atoms with Gasteiger partial charge in [-0.3, -0.25) is 10.1 Å². The molecule has 1 aliphatic heterocycles. The van der Waals surface area contributed by atoms with Gasteiger partial charge < -0.3 is 19.6 Å². The van der Waals surface area contributed by atoms with Crippen molar-refractivity contribution in [2.45, 2.75) is 63.9 Å². The molecule has 8 heteroatoms. The molecular weight excluding hydrogens is 562 g/mol. The SMILES string of the molecule is CN(CCCCCCCCCN1CCC(OC(=O)Nc2ccccc2-c2ccccc2)CC1)C(=O)c1ccc(Cl)c(O)c1. The van der Waals surface area contributed by atoms with Crippen LogP contribution >= 0.6 is 11.6 Å². The molecule has 0 unspecified atom stereocenters. The van der Waals surface area contributed by atoms with Crippen molar-refractivity contribution in [1.29, 1.82) is 0 Å². The Labute approximate surface area is 260 Å². The average Bonchev–Trinajstić information content (AvgIpc) is 3.02. The number of aromatic hydroxyl groups is 1. The van der Waals surface area contributed by atoms with Crippen LogP contribution in [0, 0.1) is 0 Å². The zero-order valence-electron chi connectivity index (χ0n) is 25.1. The first kappa shape index (κ1) is 32.4. The van der Waals surface area contributed by atoms with Gasteiger partial charge in [-0.05, 0) is 62.1 Å². The van der Waals surface area contributed by atoms with Crippen LogP contribution in [0.4, 0.5) is 10.5 Å². The van der Waals surface area contributed by atoms with Crippen LogP contribution in [-0.4, -0.2) is 66.2 Å². The molecule has 0 spiro atoms. The summed E-state index contributed by atoms with van der Waals surface area (Å²) in [6, 6.07) is 22.4. The van der Waals surface area contributed by atoms with Crippen molar-refractivity contribution >= 4 is 29.3 Å². The molecule has 1 heterocycles. The largest absolute Gasteiger partial charge is 0.506 e. The summed E-state index contributed by atoms with van der Waals surface area (Å²) in [5, 5.41) is 12.9. The number of phenols is 1. The lowest BCUT2D eigenvalue weighted by Gasteiger charge is -2.31. The highest BCUT2D eigenvalue weighted by atomic mass is 35.5. The smallest absolute Gasteiger partial charge is 0.411 e. The summed E-state index contributed by atoms with van der Waals surface area (Å²) in [5.41, 5.74) is 3.25. The summed E-state index contributed by atoms with van der Waals surface area (Å²) in [4.78, 5) is 29.3. The second-order valence-corrected chi connectivity index (χ2v) is 11.8. The first-order chi connectivity index (χ1) is 20.9. The molecule has 43 heavy (non-hydrogen) atoms. The van der Waals surface area contributed by atoms with Gasteiger partial charge in [-0.1, -0.05) is 92.2 Å². The summed E-state index contributed by atoms with van der Waals surface area (Å²) in [5.74, 6) is -0.170. The fourth-order valence-electron chi connectivity index (χ4n) is 5.54. The normalized spacial score (nSPS) is 13.9. The van der Waals surface area contributed by atoms with Crippen LogP contribution in [0.2, 0.25) is 5.02 Å². The Balaban J connectivity index is 1.02. The van der Waals surface area contributed by atoms with Crippen LogP contribution in [0.15, 0.2) is 72.8 Å². The second-order valence-electron chi connectivity index (χ2n) is 11.4. The van der Waals surface area contributed by atoms with Crippen molar-refractivity contribution in [1.82, 2.24) is 9.80 Å². The molecule has 0 radical (unpaired) electrons. The number of benzene rings is 3. The third-order valence-electron chi connectivity index (χ3n) is 8.06. The molecular formula is C35H44ClN3O4. The van der Waals surface area contributed by atoms with E-state index in [1.807, 2.05) is 54.6 Å². The number of amides is 2. The third-order valence-corrected chi connectivity index (χ3v) is 8.38. The number of ether oxygens (including phenoxy) is 1. The fourth-order valence-corrected chi connectivity index (χ4v) is 5.66. The topological polar surface area (TPSA) is 82.1 Å². The van der Waals surface area contributed by atoms with E-state index < -0.39 is 0 Å². The predicted octanol–water partition coefficient (Wildman–Crippen LogP) is 8.23. The summed E-state index contributed by atoms with van der Waals surface area (Å²) < 4.78 is 5.77. The van der Waals surface area contributed by atoms with Crippen LogP contribution in [-0.2, 0) is 4.74 Å². The number of nitrogens with one attached hydrogen (secondary N) is 1. The van der Waals surface area contributed by atoms with Crippen LogP contribution in [0.1, 0.15) is 68.1 Å². The van der Waals surface area contributed by atoms with Crippen LogP contribution in [0.5, 0.6) is 5.75 Å². The molecule has 4 rings (SSSR count). The Hall–Kier alpha value is -3.55. The van der Waals surface area contributed by atoms with Gasteiger partial charge in [-0.25, -0.2) is 4.79 Å². The third kappa shape index (κ3) is 10.3. The number of carbonyl (C=O) groups excluding carboxylic acids is 2. The van der Waals surface area contributed by atoms with Gasteiger partial charge in [-0.2, -0.15) is 0 Å². The molecule has 0 aliphatic carbocycles. The molecule has 0 atom stereocenters. The summed E-state index contributed by atoms with van der Waals surface area (Å²) >= 11 is 5.83. The van der Waals surface area contributed by atoms with Crippen LogP contribution < -0.4 is 5.32 Å². The van der Waals surface area contributed by atoms with Gasteiger partial charge in [0.2, 0.25) is 0 Å². The number of phenolic OH excluding ortho intramolecular Hbond substituents is 1. The Kier molecular flexibility index (Phi) is 12.7. The number of para-hydroxylation sites is 1. The minimum absolute atomic E-state index is 0.0483. The van der Waals surface area contributed by atoms with Gasteiger partial charge in [0, 0.05) is 37.8 Å². The zero-order chi connectivity index (χ0) is 30.4. The number of unbranched alkanes of at least 4 members (excludes halogenated alkanes) is 6. The first-order valence-corrected chi connectivity index (χ1v) is 15.9. The molecule has 3 aromatic carbocycles. The number of rotatable bonds is 14. The fraction of sp³-hybridized carbons (Fsp3) is 0.429. The van der Waals surface area contributed by atoms with E-state index in [-0.39, 0.29) is 28.9 Å². The standard InChI is InChI=1S/C35H44ClN3O4/c1-38(34(41)28-18-19-31(36)33(40)26-28)22-12-5-3-2-4-6-13-23-39-24-20-29(21-25-39)43-35(42)37-32-17-11-10-16-30(32)27-14-8-7-9-15-27/h7-11,14-19,26,29,40H,2-6,12-13,20-25H2,1H3,(H,37,42). The highest BCUT2D eigenvalue weighted by Gasteiger charge is 2.22. The minimum Gasteiger partial charge on any atom is -0.506 e. The number of hydrogen-bond donors (Lipinski definition) is 2. The second kappa shape index (κ2) is 16.9. The number of nitrogens with zero attached hydrogens (tertiary/aromatic N) is 2. The maximum Gasteiger partial charge on any atom is 0.411 e. The van der Waals surface area contributed by atoms with Crippen molar-refractivity contribution in [3.05, 3.63) is 83.4 Å². The highest BCUT2D eigenvalue weighted by molar-refractivity contribution is 6.32. The lowest BCUT2D eigenvalue weighted by molar-refractivity contribution is 0.0584. The summed E-state index contributed by atoms with van der Waals surface area (Å²) in [7, 11) is 1.80. The summed E-state index contributed by atoms with van der Waals surface area (Å²) in [6.45, 7) is 3.71. The lowest BCUT2D eigenvalue weighted by atomic mass is 10.0. The van der Waals surface area contributed by atoms with E-state index in [1.54, 1.807) is 24.1 Å². The van der Waals surface area contributed by atoms with Crippen molar-refractivity contribution in [3.63, 3.8) is 0 Å². The Bertz CT molecular complexity index is 1310. The maximum atomic E-state index is 12.7. The Morgan fingerprint density at radius 2 is 1.56 bits per heavy atom. The molecule has 230 valence electrons. The zero-order valence-corrected chi connectivity index (χ0v) is 25.9. The van der Waals surface area contributed by atoms with E-state index >= 15 is 0 Å². The Morgan fingerprint density at radius 1 is 0.907 bits per heavy atom. The van der Waals surface area contributed by atoms with E-state index in [9.17, 15) is 14.7 Å². The van der Waals surface area contributed by atoms with Crippen LogP contribution in [0.3, 0.4) is 0 Å². The van der Waals surface area contributed by atoms with Crippen molar-refractivity contribution < 1.29 is 19.4 Å². The number of carbonyl (C=O) groups is 2. The van der Waals surface area contributed by atoms with E-state index in [0.717, 1.165) is 62.1 Å². The molecule has 0 saturated carbocycles. The average molecular weight is 606 g/mol. The summed E-state index contributed by atoms with van der Waals surface area (Å²) in [6.07, 6.45) is 9.38. The number of hydrogen-bond acceptors (Lipinski definition) is 5. The molecule has 7 nitrogen and oxygen atoms in total. The van der Waals surface area contributed by atoms with Gasteiger partial charge in [0.15, 0.2) is 0 Å². The lowest BCUT2D eigenvalue weighted by Crippen LogP contribution is -2.38. The molecule has 1 aliphatic rings. The quantitative estimate of drug-likeness (QED) is 0.181. The maximum absolute atomic E-state index is 12.7. The van der Waals surface area contributed by atoms with E-state index in [0.29, 0.717) is 12.1 Å². The van der Waals surface area contributed by atoms with Gasteiger partial charge in [0.05, 0.1) is 10.7 Å². The number of anilines is 1. The van der Waals surface area contributed by atoms with Gasteiger partial charge in [0.25, 0.3) is 5.91 Å². The highest BCUT2D eigenvalue weighted by Crippen LogP contribution is 2.28. The van der Waals surface area contributed by atoms with Crippen molar-refractivity contribution in [3.8, 4) is 16.9 Å². The molecule has 2 amide bonds.